The topological polar surface area (TPSA) is 91.6 Å². The molecule has 2 amide bonds. The first-order valence-electron chi connectivity index (χ1n) is 9.38. The van der Waals surface area contributed by atoms with E-state index >= 15 is 0 Å². The van der Waals surface area contributed by atoms with E-state index in [1.165, 1.54) is 6.07 Å². The van der Waals surface area contributed by atoms with Crippen molar-refractivity contribution in [2.75, 3.05) is 36.4 Å². The van der Waals surface area contributed by atoms with Gasteiger partial charge in [0.25, 0.3) is 0 Å². The molecular formula is C20H22F3N5O2. The van der Waals surface area contributed by atoms with Crippen LogP contribution in [0.15, 0.2) is 42.6 Å². The number of piperazine rings is 1. The molecular weight excluding hydrogens is 399 g/mol. The molecule has 0 bridgehead atoms. The van der Waals surface area contributed by atoms with E-state index in [9.17, 15) is 22.8 Å². The average molecular weight is 421 g/mol. The highest BCUT2D eigenvalue weighted by Gasteiger charge is 2.31. The van der Waals surface area contributed by atoms with Gasteiger partial charge in [0.2, 0.25) is 11.8 Å². The summed E-state index contributed by atoms with van der Waals surface area (Å²) in [5, 5.41) is 2.80. The zero-order valence-corrected chi connectivity index (χ0v) is 16.3. The van der Waals surface area contributed by atoms with Crippen LogP contribution in [0.25, 0.3) is 0 Å². The summed E-state index contributed by atoms with van der Waals surface area (Å²) in [6.07, 6.45) is -3.57. The number of nitrogens with zero attached hydrogens (tertiary/aromatic N) is 3. The first kappa shape index (κ1) is 21.6. The predicted molar refractivity (Wildman–Crippen MR) is 106 cm³/mol. The minimum atomic E-state index is -4.41. The van der Waals surface area contributed by atoms with Crippen molar-refractivity contribution in [1.29, 1.82) is 0 Å². The van der Waals surface area contributed by atoms with Crippen LogP contribution in [0, 0.1) is 0 Å². The molecule has 1 aromatic carbocycles. The number of hydrogen-bond acceptors (Lipinski definition) is 5. The van der Waals surface area contributed by atoms with E-state index in [0.29, 0.717) is 43.2 Å². The first-order chi connectivity index (χ1) is 14.1. The molecule has 1 saturated heterocycles. The van der Waals surface area contributed by atoms with E-state index in [4.69, 9.17) is 5.73 Å². The Labute approximate surface area is 171 Å². The van der Waals surface area contributed by atoms with E-state index in [-0.39, 0.29) is 5.91 Å². The second-order valence-electron chi connectivity index (χ2n) is 7.03. The lowest BCUT2D eigenvalue weighted by Crippen LogP contribution is -2.53. The molecule has 0 radical (unpaired) electrons. The molecule has 160 valence electrons. The minimum absolute atomic E-state index is 0.192. The summed E-state index contributed by atoms with van der Waals surface area (Å²) in [6.45, 7) is 4.02. The van der Waals surface area contributed by atoms with Crippen molar-refractivity contribution in [3.05, 3.63) is 53.7 Å². The normalized spacial score (nSPS) is 16.2. The van der Waals surface area contributed by atoms with Gasteiger partial charge in [0.15, 0.2) is 0 Å². The van der Waals surface area contributed by atoms with Crippen LogP contribution in [0.1, 0.15) is 22.8 Å². The number of pyridine rings is 1. The monoisotopic (exact) mass is 421 g/mol. The van der Waals surface area contributed by atoms with Crippen LogP contribution in [0.2, 0.25) is 0 Å². The van der Waals surface area contributed by atoms with Crippen molar-refractivity contribution in [2.24, 2.45) is 5.73 Å². The number of aromatic nitrogens is 1. The maximum atomic E-state index is 12.7. The zero-order valence-electron chi connectivity index (χ0n) is 16.3. The van der Waals surface area contributed by atoms with E-state index in [2.05, 4.69) is 10.3 Å². The SMILES string of the molecule is C[C@H](C(=O)Nc1ccc(C(N)=O)cc1)N1CCN(c2ccc(C(F)(F)F)cn2)CC1. The van der Waals surface area contributed by atoms with Gasteiger partial charge in [-0.05, 0) is 43.3 Å². The van der Waals surface area contributed by atoms with E-state index in [1.54, 1.807) is 31.2 Å². The molecule has 2 aromatic rings. The lowest BCUT2D eigenvalue weighted by Gasteiger charge is -2.38. The van der Waals surface area contributed by atoms with Gasteiger partial charge < -0.3 is 16.0 Å². The smallest absolute Gasteiger partial charge is 0.366 e. The Morgan fingerprint density at radius 3 is 2.20 bits per heavy atom. The van der Waals surface area contributed by atoms with Crippen LogP contribution in [0.4, 0.5) is 24.7 Å². The standard InChI is InChI=1S/C20H22F3N5O2/c1-13(19(30)26-16-5-2-14(3-6-16)18(24)29)27-8-10-28(11-9-27)17-7-4-15(12-25-17)20(21,22)23/h2-7,12-13H,8-11H2,1H3,(H2,24,29)(H,26,30)/t13-/m1/s1. The number of nitrogens with two attached hydrogens (primary N) is 1. The molecule has 1 aromatic heterocycles. The Hall–Kier alpha value is -3.14. The Bertz CT molecular complexity index is 892. The van der Waals surface area contributed by atoms with Gasteiger partial charge in [0, 0.05) is 43.6 Å². The molecule has 0 aliphatic carbocycles. The van der Waals surface area contributed by atoms with Gasteiger partial charge in [-0.15, -0.1) is 0 Å². The molecule has 0 unspecified atom stereocenters. The molecule has 0 saturated carbocycles. The quantitative estimate of drug-likeness (QED) is 0.773. The Kier molecular flexibility index (Phi) is 6.25. The summed E-state index contributed by atoms with van der Waals surface area (Å²) in [5.74, 6) is -0.251. The van der Waals surface area contributed by atoms with Crippen molar-refractivity contribution < 1.29 is 22.8 Å². The van der Waals surface area contributed by atoms with Gasteiger partial charge in [-0.3, -0.25) is 14.5 Å². The molecule has 0 spiro atoms. The highest BCUT2D eigenvalue weighted by Crippen LogP contribution is 2.29. The number of alkyl halides is 3. The lowest BCUT2D eigenvalue weighted by atomic mass is 10.1. The number of carbonyl (C=O) groups is 2. The summed E-state index contributed by atoms with van der Waals surface area (Å²) in [6, 6.07) is 8.29. The number of amides is 2. The fourth-order valence-corrected chi connectivity index (χ4v) is 3.21. The fourth-order valence-electron chi connectivity index (χ4n) is 3.21. The van der Waals surface area contributed by atoms with Crippen molar-refractivity contribution in [1.82, 2.24) is 9.88 Å². The van der Waals surface area contributed by atoms with Crippen LogP contribution < -0.4 is 16.0 Å². The van der Waals surface area contributed by atoms with Crippen LogP contribution in [0.3, 0.4) is 0 Å². The second-order valence-corrected chi connectivity index (χ2v) is 7.03. The second kappa shape index (κ2) is 8.70. The van der Waals surface area contributed by atoms with Crippen LogP contribution >= 0.6 is 0 Å². The Morgan fingerprint density at radius 2 is 1.70 bits per heavy atom. The van der Waals surface area contributed by atoms with Crippen LogP contribution in [-0.4, -0.2) is 53.9 Å². The first-order valence-corrected chi connectivity index (χ1v) is 9.38. The minimum Gasteiger partial charge on any atom is -0.366 e. The average Bonchev–Trinajstić information content (AvgIpc) is 2.73. The van der Waals surface area contributed by atoms with E-state index in [1.807, 2.05) is 9.80 Å². The number of nitrogens with one attached hydrogen (secondary N) is 1. The number of halogens is 3. The Balaban J connectivity index is 1.53. The van der Waals surface area contributed by atoms with Gasteiger partial charge in [-0.2, -0.15) is 13.2 Å². The molecule has 1 aliphatic heterocycles. The molecule has 1 atom stereocenters. The fraction of sp³-hybridized carbons (Fsp3) is 0.350. The number of anilines is 2. The maximum Gasteiger partial charge on any atom is 0.417 e. The molecule has 2 heterocycles. The summed E-state index contributed by atoms with van der Waals surface area (Å²) in [4.78, 5) is 31.5. The van der Waals surface area contributed by atoms with E-state index in [0.717, 1.165) is 12.3 Å². The van der Waals surface area contributed by atoms with Gasteiger partial charge in [-0.1, -0.05) is 0 Å². The van der Waals surface area contributed by atoms with Crippen molar-refractivity contribution in [2.45, 2.75) is 19.1 Å². The molecule has 7 nitrogen and oxygen atoms in total. The number of carbonyl (C=O) groups excluding carboxylic acids is 2. The molecule has 30 heavy (non-hydrogen) atoms. The third-order valence-corrected chi connectivity index (χ3v) is 5.08. The lowest BCUT2D eigenvalue weighted by molar-refractivity contribution is -0.137. The predicted octanol–water partition coefficient (Wildman–Crippen LogP) is 2.35. The summed E-state index contributed by atoms with van der Waals surface area (Å²) in [5.41, 5.74) is 5.34. The number of primary amides is 1. The summed E-state index contributed by atoms with van der Waals surface area (Å²) >= 11 is 0. The number of rotatable bonds is 5. The molecule has 10 heteroatoms. The van der Waals surface area contributed by atoms with Crippen LogP contribution in [-0.2, 0) is 11.0 Å². The van der Waals surface area contributed by atoms with Gasteiger partial charge in [-0.25, -0.2) is 4.98 Å². The van der Waals surface area contributed by atoms with Gasteiger partial charge in [0.05, 0.1) is 11.6 Å². The molecule has 1 fully saturated rings. The number of benzene rings is 1. The van der Waals surface area contributed by atoms with Gasteiger partial charge in [0.1, 0.15) is 5.82 Å². The highest BCUT2D eigenvalue weighted by atomic mass is 19.4. The van der Waals surface area contributed by atoms with Gasteiger partial charge >= 0.3 is 6.18 Å². The zero-order chi connectivity index (χ0) is 21.9. The highest BCUT2D eigenvalue weighted by molar-refractivity contribution is 5.96. The summed E-state index contributed by atoms with van der Waals surface area (Å²) < 4.78 is 38.0. The molecule has 3 rings (SSSR count). The largest absolute Gasteiger partial charge is 0.417 e. The summed E-state index contributed by atoms with van der Waals surface area (Å²) in [7, 11) is 0. The third kappa shape index (κ3) is 5.07. The van der Waals surface area contributed by atoms with Crippen molar-refractivity contribution >= 4 is 23.3 Å². The van der Waals surface area contributed by atoms with Crippen LogP contribution in [0.5, 0.6) is 0 Å². The van der Waals surface area contributed by atoms with Crippen molar-refractivity contribution in [3.8, 4) is 0 Å². The van der Waals surface area contributed by atoms with E-state index < -0.39 is 23.7 Å². The Morgan fingerprint density at radius 1 is 1.07 bits per heavy atom. The maximum absolute atomic E-state index is 12.7. The third-order valence-electron chi connectivity index (χ3n) is 5.08. The molecule has 1 aliphatic rings. The van der Waals surface area contributed by atoms with Crippen molar-refractivity contribution in [3.63, 3.8) is 0 Å². The number of hydrogen-bond donors (Lipinski definition) is 2. The molecule has 3 N–H and O–H groups in total.